The van der Waals surface area contributed by atoms with Crippen LogP contribution in [-0.4, -0.2) is 34.0 Å². The first-order chi connectivity index (χ1) is 13.3. The van der Waals surface area contributed by atoms with E-state index in [1.165, 1.54) is 23.6 Å². The van der Waals surface area contributed by atoms with Gasteiger partial charge in [-0.25, -0.2) is 4.79 Å². The topological polar surface area (TPSA) is 64.6 Å². The second-order valence-corrected chi connectivity index (χ2v) is 11.7. The Bertz CT molecular complexity index is 774. The quantitative estimate of drug-likeness (QED) is 0.601. The molecule has 1 N–H and O–H groups in total. The van der Waals surface area contributed by atoms with Crippen molar-refractivity contribution in [2.24, 2.45) is 0 Å². The van der Waals surface area contributed by atoms with Crippen molar-refractivity contribution in [3.05, 3.63) is 72.8 Å². The van der Waals surface area contributed by atoms with Crippen LogP contribution >= 0.6 is 0 Å². The lowest BCUT2D eigenvalue weighted by Gasteiger charge is -2.42. The average Bonchev–Trinajstić information content (AvgIpc) is 2.68. The number of benzene rings is 2. The molecule has 2 rings (SSSR count). The van der Waals surface area contributed by atoms with E-state index in [0.717, 1.165) is 0 Å². The van der Waals surface area contributed by atoms with Crippen LogP contribution < -0.4 is 15.7 Å². The SMILES string of the molecule is COC(=O)NC(=O)/C=C/CO[Si](c1ccccc1)(c1ccccc1)C(C)(C)C. The summed E-state index contributed by atoms with van der Waals surface area (Å²) in [5.74, 6) is -0.544. The zero-order chi connectivity index (χ0) is 20.6. The summed E-state index contributed by atoms with van der Waals surface area (Å²) in [6.45, 7) is 6.81. The van der Waals surface area contributed by atoms with E-state index in [0.29, 0.717) is 0 Å². The smallest absolute Gasteiger partial charge is 0.413 e. The van der Waals surface area contributed by atoms with Crippen LogP contribution in [-0.2, 0) is 14.0 Å². The molecule has 0 saturated carbocycles. The van der Waals surface area contributed by atoms with E-state index in [1.807, 2.05) is 36.4 Å². The van der Waals surface area contributed by atoms with Crippen LogP contribution in [0.15, 0.2) is 72.8 Å². The minimum absolute atomic E-state index is 0.141. The Kier molecular flexibility index (Phi) is 7.31. The fraction of sp³-hybridized carbons (Fsp3) is 0.273. The molecule has 0 heterocycles. The lowest BCUT2D eigenvalue weighted by Crippen LogP contribution is -2.66. The maximum atomic E-state index is 11.7. The predicted molar refractivity (Wildman–Crippen MR) is 113 cm³/mol. The molecule has 6 heteroatoms. The van der Waals surface area contributed by atoms with E-state index in [1.54, 1.807) is 6.08 Å². The van der Waals surface area contributed by atoms with Crippen LogP contribution in [0.1, 0.15) is 20.8 Å². The Morgan fingerprint density at radius 1 is 0.964 bits per heavy atom. The number of hydrogen-bond donors (Lipinski definition) is 1. The van der Waals surface area contributed by atoms with Gasteiger partial charge in [0.25, 0.3) is 14.2 Å². The molecule has 0 saturated heterocycles. The van der Waals surface area contributed by atoms with Crippen molar-refractivity contribution in [1.29, 1.82) is 0 Å². The number of imide groups is 1. The van der Waals surface area contributed by atoms with Crippen molar-refractivity contribution < 1.29 is 18.8 Å². The van der Waals surface area contributed by atoms with E-state index in [-0.39, 0.29) is 11.6 Å². The molecule has 148 valence electrons. The van der Waals surface area contributed by atoms with Gasteiger partial charge in [-0.05, 0) is 15.4 Å². The highest BCUT2D eigenvalue weighted by atomic mass is 28.4. The highest BCUT2D eigenvalue weighted by Crippen LogP contribution is 2.36. The van der Waals surface area contributed by atoms with Crippen molar-refractivity contribution in [2.75, 3.05) is 13.7 Å². The van der Waals surface area contributed by atoms with Crippen LogP contribution in [0.25, 0.3) is 0 Å². The van der Waals surface area contributed by atoms with Crippen molar-refractivity contribution in [3.8, 4) is 0 Å². The minimum atomic E-state index is -2.63. The van der Waals surface area contributed by atoms with E-state index in [9.17, 15) is 9.59 Å². The predicted octanol–water partition coefficient (Wildman–Crippen LogP) is 3.00. The highest BCUT2D eigenvalue weighted by molar-refractivity contribution is 6.99. The van der Waals surface area contributed by atoms with Crippen molar-refractivity contribution in [3.63, 3.8) is 0 Å². The van der Waals surface area contributed by atoms with Crippen LogP contribution in [0.5, 0.6) is 0 Å². The molecule has 2 aromatic carbocycles. The number of carbonyl (C=O) groups is 2. The molecule has 0 aliphatic heterocycles. The number of carbonyl (C=O) groups excluding carboxylic acids is 2. The number of rotatable bonds is 6. The number of methoxy groups -OCH3 is 1. The third kappa shape index (κ3) is 4.97. The molecule has 28 heavy (non-hydrogen) atoms. The van der Waals surface area contributed by atoms with Gasteiger partial charge in [0.1, 0.15) is 0 Å². The molecule has 0 spiro atoms. The van der Waals surface area contributed by atoms with Crippen LogP contribution in [0.4, 0.5) is 4.79 Å². The maximum absolute atomic E-state index is 11.7. The lowest BCUT2D eigenvalue weighted by molar-refractivity contribution is -0.115. The molecule has 5 nitrogen and oxygen atoms in total. The normalized spacial score (nSPS) is 12.0. The summed E-state index contributed by atoms with van der Waals surface area (Å²) in [4.78, 5) is 22.8. The monoisotopic (exact) mass is 397 g/mol. The van der Waals surface area contributed by atoms with Gasteiger partial charge >= 0.3 is 6.09 Å². The molecule has 0 radical (unpaired) electrons. The van der Waals surface area contributed by atoms with Gasteiger partial charge in [-0.3, -0.25) is 10.1 Å². The number of amides is 2. The third-order valence-electron chi connectivity index (χ3n) is 4.49. The molecule has 0 aromatic heterocycles. The number of nitrogens with one attached hydrogen (secondary N) is 1. The molecule has 0 atom stereocenters. The molecule has 2 aromatic rings. The van der Waals surface area contributed by atoms with Crippen molar-refractivity contribution in [1.82, 2.24) is 5.32 Å². The van der Waals surface area contributed by atoms with Crippen molar-refractivity contribution >= 4 is 30.7 Å². The van der Waals surface area contributed by atoms with Gasteiger partial charge < -0.3 is 9.16 Å². The van der Waals surface area contributed by atoms with E-state index < -0.39 is 20.3 Å². The summed E-state index contributed by atoms with van der Waals surface area (Å²) in [6, 6.07) is 20.5. The zero-order valence-corrected chi connectivity index (χ0v) is 17.8. The molecule has 2 amide bonds. The van der Waals surface area contributed by atoms with Gasteiger partial charge in [-0.15, -0.1) is 0 Å². The van der Waals surface area contributed by atoms with E-state index in [4.69, 9.17) is 4.43 Å². The summed E-state index contributed by atoms with van der Waals surface area (Å²) in [7, 11) is -1.43. The van der Waals surface area contributed by atoms with Crippen LogP contribution in [0.3, 0.4) is 0 Å². The maximum Gasteiger partial charge on any atom is 0.413 e. The first kappa shape index (κ1) is 21.6. The Labute approximate surface area is 167 Å². The summed E-state index contributed by atoms with van der Waals surface area (Å²) in [6.07, 6.45) is 2.12. The van der Waals surface area contributed by atoms with Crippen molar-refractivity contribution in [2.45, 2.75) is 25.8 Å². The summed E-state index contributed by atoms with van der Waals surface area (Å²) in [5.41, 5.74) is 0. The third-order valence-corrected chi connectivity index (χ3v) is 9.50. The molecular weight excluding hydrogens is 370 g/mol. The average molecular weight is 398 g/mol. The van der Waals surface area contributed by atoms with Gasteiger partial charge in [0, 0.05) is 6.08 Å². The van der Waals surface area contributed by atoms with Crippen LogP contribution in [0.2, 0.25) is 5.04 Å². The summed E-state index contributed by atoms with van der Waals surface area (Å²) in [5, 5.41) is 4.28. The van der Waals surface area contributed by atoms with Gasteiger partial charge in [0.2, 0.25) is 0 Å². The van der Waals surface area contributed by atoms with Crippen LogP contribution in [0, 0.1) is 0 Å². The fourth-order valence-corrected chi connectivity index (χ4v) is 7.78. The zero-order valence-electron chi connectivity index (χ0n) is 16.8. The van der Waals surface area contributed by atoms with Gasteiger partial charge in [-0.1, -0.05) is 87.5 Å². The van der Waals surface area contributed by atoms with E-state index in [2.05, 4.69) is 55.1 Å². The molecule has 0 aliphatic carbocycles. The number of hydrogen-bond acceptors (Lipinski definition) is 4. The Morgan fingerprint density at radius 3 is 1.89 bits per heavy atom. The molecule has 0 bridgehead atoms. The standard InChI is InChI=1S/C22H27NO4Si/c1-22(2,3)28(18-12-7-5-8-13-18,19-14-9-6-10-15-19)27-17-11-16-20(24)23-21(25)26-4/h5-16H,17H2,1-4H3,(H,23,24,25)/b16-11+. The molecule has 0 fully saturated rings. The Hall–Kier alpha value is -2.70. The van der Waals surface area contributed by atoms with Gasteiger partial charge in [0.15, 0.2) is 0 Å². The number of ether oxygens (including phenoxy) is 1. The second kappa shape index (κ2) is 9.48. The Balaban J connectivity index is 2.34. The fourth-order valence-electron chi connectivity index (χ4n) is 3.28. The highest BCUT2D eigenvalue weighted by Gasteiger charge is 2.49. The molecular formula is C22H27NO4Si. The first-order valence-electron chi connectivity index (χ1n) is 9.12. The second-order valence-electron chi connectivity index (χ2n) is 7.36. The Morgan fingerprint density at radius 2 is 1.46 bits per heavy atom. The first-order valence-corrected chi connectivity index (χ1v) is 11.0. The minimum Gasteiger partial charge on any atom is -0.453 e. The largest absolute Gasteiger partial charge is 0.453 e. The summed E-state index contributed by atoms with van der Waals surface area (Å²) < 4.78 is 11.0. The molecule has 0 unspecified atom stereocenters. The summed E-state index contributed by atoms with van der Waals surface area (Å²) >= 11 is 0. The van der Waals surface area contributed by atoms with Gasteiger partial charge in [-0.2, -0.15) is 0 Å². The van der Waals surface area contributed by atoms with Gasteiger partial charge in [0.05, 0.1) is 13.7 Å². The number of alkyl carbamates (subject to hydrolysis) is 1. The van der Waals surface area contributed by atoms with E-state index >= 15 is 0 Å². The molecule has 0 aliphatic rings. The lowest BCUT2D eigenvalue weighted by atomic mass is 10.2.